The lowest BCUT2D eigenvalue weighted by Gasteiger charge is -2.39. The molecule has 2 fully saturated rings. The van der Waals surface area contributed by atoms with Gasteiger partial charge in [0, 0.05) is 42.5 Å². The van der Waals surface area contributed by atoms with E-state index in [0.717, 1.165) is 55.0 Å². The third-order valence-corrected chi connectivity index (χ3v) is 7.95. The molecule has 3 aromatic rings. The predicted octanol–water partition coefficient (Wildman–Crippen LogP) is 6.18. The summed E-state index contributed by atoms with van der Waals surface area (Å²) in [5, 5.41) is 9.89. The number of benzene rings is 1. The topological polar surface area (TPSA) is 52.8 Å². The molecule has 1 aromatic carbocycles. The third-order valence-electron chi connectivity index (χ3n) is 7.72. The Balaban J connectivity index is 1.25. The summed E-state index contributed by atoms with van der Waals surface area (Å²) in [6.45, 7) is 0. The van der Waals surface area contributed by atoms with E-state index in [2.05, 4.69) is 19.7 Å². The Labute approximate surface area is 202 Å². The van der Waals surface area contributed by atoms with Crippen LogP contribution in [-0.4, -0.2) is 31.8 Å². The summed E-state index contributed by atoms with van der Waals surface area (Å²) in [6, 6.07) is 11.6. The van der Waals surface area contributed by atoms with Crippen LogP contribution in [0.3, 0.4) is 0 Å². The Bertz CT molecular complexity index is 1170. The van der Waals surface area contributed by atoms with Crippen molar-refractivity contribution in [2.24, 2.45) is 11.8 Å². The van der Waals surface area contributed by atoms with E-state index in [1.54, 1.807) is 6.20 Å². The van der Waals surface area contributed by atoms with Gasteiger partial charge in [-0.15, -0.1) is 10.2 Å². The fraction of sp³-hybridized carbons (Fsp3) is 0.500. The van der Waals surface area contributed by atoms with Crippen LogP contribution in [0.25, 0.3) is 5.69 Å². The van der Waals surface area contributed by atoms with E-state index in [1.807, 2.05) is 36.4 Å². The van der Waals surface area contributed by atoms with Crippen LogP contribution >= 0.6 is 11.6 Å². The largest absolute Gasteiger partial charge is 0.474 e. The van der Waals surface area contributed by atoms with Crippen molar-refractivity contribution in [1.29, 1.82) is 0 Å². The number of fused-ring (bicyclic) bond motifs is 3. The number of aromatic nitrogens is 4. The molecule has 0 saturated heterocycles. The average molecular weight is 485 g/mol. The molecular weight excluding hydrogens is 458 g/mol. The maximum absolute atomic E-state index is 13.6. The molecule has 2 aromatic heterocycles. The quantitative estimate of drug-likeness (QED) is 0.443. The highest BCUT2D eigenvalue weighted by Gasteiger charge is 2.49. The lowest BCUT2D eigenvalue weighted by molar-refractivity contribution is -0.125. The number of halogens is 3. The van der Waals surface area contributed by atoms with Crippen LogP contribution in [-0.2, 0) is 12.8 Å². The van der Waals surface area contributed by atoms with Crippen molar-refractivity contribution >= 4 is 11.6 Å². The molecule has 1 atom stereocenters. The Kier molecular flexibility index (Phi) is 5.55. The first-order chi connectivity index (χ1) is 16.4. The number of alkyl halides is 2. The number of ether oxygens (including phenoxy) is 1. The molecule has 0 spiro atoms. The molecule has 0 amide bonds. The van der Waals surface area contributed by atoms with Gasteiger partial charge in [-0.05, 0) is 73.8 Å². The van der Waals surface area contributed by atoms with Crippen molar-refractivity contribution in [3.05, 3.63) is 64.8 Å². The van der Waals surface area contributed by atoms with Crippen molar-refractivity contribution in [2.45, 2.75) is 69.3 Å². The number of hydrogen-bond acceptors (Lipinski definition) is 4. The molecule has 1 aliphatic heterocycles. The van der Waals surface area contributed by atoms with Gasteiger partial charge in [-0.1, -0.05) is 17.7 Å². The molecule has 2 aliphatic carbocycles. The molecule has 6 rings (SSSR count). The number of pyridine rings is 1. The fourth-order valence-electron chi connectivity index (χ4n) is 5.91. The van der Waals surface area contributed by atoms with Crippen molar-refractivity contribution < 1.29 is 13.5 Å². The highest BCUT2D eigenvalue weighted by atomic mass is 35.5. The van der Waals surface area contributed by atoms with Gasteiger partial charge in [-0.25, -0.2) is 13.8 Å². The zero-order valence-electron chi connectivity index (χ0n) is 18.8. The Morgan fingerprint density at radius 2 is 1.79 bits per heavy atom. The van der Waals surface area contributed by atoms with Gasteiger partial charge in [0.1, 0.15) is 17.8 Å². The first-order valence-electron chi connectivity index (χ1n) is 12.1. The molecule has 3 aliphatic rings. The van der Waals surface area contributed by atoms with Crippen molar-refractivity contribution in [1.82, 2.24) is 19.7 Å². The molecule has 8 heteroatoms. The lowest BCUT2D eigenvalue weighted by atomic mass is 9.70. The molecule has 1 unspecified atom stereocenters. The van der Waals surface area contributed by atoms with Crippen LogP contribution in [0, 0.1) is 11.8 Å². The monoisotopic (exact) mass is 484 g/mol. The average Bonchev–Trinajstić information content (AvgIpc) is 3.14. The summed E-state index contributed by atoms with van der Waals surface area (Å²) in [5.41, 5.74) is 2.14. The number of hydrogen-bond donors (Lipinski definition) is 0. The van der Waals surface area contributed by atoms with Gasteiger partial charge in [-0.3, -0.25) is 4.57 Å². The smallest absolute Gasteiger partial charge is 0.248 e. The second kappa shape index (κ2) is 8.59. The summed E-state index contributed by atoms with van der Waals surface area (Å²) in [5.74, 6) is 0.393. The van der Waals surface area contributed by atoms with Crippen LogP contribution in [0.15, 0.2) is 42.6 Å². The predicted molar refractivity (Wildman–Crippen MR) is 125 cm³/mol. The van der Waals surface area contributed by atoms with E-state index in [4.69, 9.17) is 16.3 Å². The molecule has 34 heavy (non-hydrogen) atoms. The minimum Gasteiger partial charge on any atom is -0.474 e. The van der Waals surface area contributed by atoms with E-state index < -0.39 is 5.92 Å². The zero-order chi connectivity index (χ0) is 23.3. The van der Waals surface area contributed by atoms with Gasteiger partial charge in [0.15, 0.2) is 0 Å². The summed E-state index contributed by atoms with van der Waals surface area (Å²) in [6.07, 6.45) is 7.00. The Morgan fingerprint density at radius 3 is 2.53 bits per heavy atom. The van der Waals surface area contributed by atoms with E-state index in [-0.39, 0.29) is 36.7 Å². The Hall–Kier alpha value is -2.54. The second-order valence-electron chi connectivity index (χ2n) is 10.0. The van der Waals surface area contributed by atoms with Gasteiger partial charge >= 0.3 is 0 Å². The van der Waals surface area contributed by atoms with Crippen LogP contribution in [0.2, 0.25) is 5.02 Å². The molecule has 5 nitrogen and oxygen atoms in total. The summed E-state index contributed by atoms with van der Waals surface area (Å²) in [7, 11) is 0. The van der Waals surface area contributed by atoms with Crippen LogP contribution < -0.4 is 4.74 Å². The first kappa shape index (κ1) is 22.0. The van der Waals surface area contributed by atoms with E-state index in [0.29, 0.717) is 17.3 Å². The van der Waals surface area contributed by atoms with Gasteiger partial charge < -0.3 is 4.74 Å². The van der Waals surface area contributed by atoms with Crippen LogP contribution in [0.4, 0.5) is 8.78 Å². The van der Waals surface area contributed by atoms with E-state index >= 15 is 0 Å². The lowest BCUT2D eigenvalue weighted by Crippen LogP contribution is -2.40. The zero-order valence-corrected chi connectivity index (χ0v) is 19.6. The second-order valence-corrected chi connectivity index (χ2v) is 10.5. The van der Waals surface area contributed by atoms with Crippen LogP contribution in [0.1, 0.15) is 61.7 Å². The standard InChI is InChI=1S/C26H27ClF2N4O/c27-20-6-9-22-18(12-20)11-17(19-14-26(28,29)15-19)13-23-31-32-25(33(22)23)16-4-7-21(8-5-16)34-24-3-1-2-10-30-24/h1-3,6,9-10,12,16-17,19,21H,4-5,7-8,11,13-15H2. The van der Waals surface area contributed by atoms with E-state index in [1.165, 1.54) is 0 Å². The van der Waals surface area contributed by atoms with Crippen molar-refractivity contribution in [2.75, 3.05) is 0 Å². The molecule has 0 N–H and O–H groups in total. The van der Waals surface area contributed by atoms with Gasteiger partial charge in [0.25, 0.3) is 0 Å². The highest BCUT2D eigenvalue weighted by Crippen LogP contribution is 2.49. The molecule has 0 radical (unpaired) electrons. The van der Waals surface area contributed by atoms with Gasteiger partial charge in [0.2, 0.25) is 11.8 Å². The molecule has 178 valence electrons. The normalized spacial score (nSPS) is 26.1. The maximum atomic E-state index is 13.6. The van der Waals surface area contributed by atoms with E-state index in [9.17, 15) is 8.78 Å². The van der Waals surface area contributed by atoms with Gasteiger partial charge in [0.05, 0.1) is 5.69 Å². The summed E-state index contributed by atoms with van der Waals surface area (Å²) < 4.78 is 35.6. The highest BCUT2D eigenvalue weighted by molar-refractivity contribution is 6.30. The van der Waals surface area contributed by atoms with Crippen molar-refractivity contribution in [3.63, 3.8) is 0 Å². The maximum Gasteiger partial charge on any atom is 0.248 e. The minimum atomic E-state index is -2.52. The molecule has 3 heterocycles. The number of rotatable bonds is 4. The Morgan fingerprint density at radius 1 is 0.971 bits per heavy atom. The first-order valence-corrected chi connectivity index (χ1v) is 12.5. The minimum absolute atomic E-state index is 0.00714. The van der Waals surface area contributed by atoms with Crippen LogP contribution in [0.5, 0.6) is 5.88 Å². The molecular formula is C26H27ClF2N4O. The molecule has 2 saturated carbocycles. The van der Waals surface area contributed by atoms with Gasteiger partial charge in [-0.2, -0.15) is 0 Å². The molecule has 0 bridgehead atoms. The SMILES string of the molecule is FC1(F)CC(C2Cc3cc(Cl)ccc3-n3c(nnc3C3CCC(Oc4ccccn4)CC3)C2)C1. The fourth-order valence-corrected chi connectivity index (χ4v) is 6.11. The third kappa shape index (κ3) is 4.19. The number of nitrogens with zero attached hydrogens (tertiary/aromatic N) is 4. The summed E-state index contributed by atoms with van der Waals surface area (Å²) >= 11 is 6.34. The summed E-state index contributed by atoms with van der Waals surface area (Å²) in [4.78, 5) is 4.28. The van der Waals surface area contributed by atoms with Crippen molar-refractivity contribution in [3.8, 4) is 11.6 Å².